The number of hydrogen-bond acceptors (Lipinski definition) is 5. The van der Waals surface area contributed by atoms with Gasteiger partial charge in [-0.2, -0.15) is 4.98 Å². The van der Waals surface area contributed by atoms with Gasteiger partial charge < -0.3 is 14.5 Å². The van der Waals surface area contributed by atoms with Gasteiger partial charge in [0.25, 0.3) is 0 Å². The van der Waals surface area contributed by atoms with Crippen LogP contribution in [0.25, 0.3) is 6.08 Å². The van der Waals surface area contributed by atoms with Gasteiger partial charge in [-0.1, -0.05) is 30.3 Å². The first kappa shape index (κ1) is 17.0. The van der Waals surface area contributed by atoms with Crippen LogP contribution in [0.15, 0.2) is 42.5 Å². The van der Waals surface area contributed by atoms with Gasteiger partial charge in [0.05, 0.1) is 7.11 Å². The van der Waals surface area contributed by atoms with Crippen molar-refractivity contribution in [1.82, 2.24) is 14.9 Å². The maximum atomic E-state index is 12.3. The number of rotatable bonds is 4. The van der Waals surface area contributed by atoms with Crippen LogP contribution in [-0.2, 0) is 4.79 Å². The van der Waals surface area contributed by atoms with E-state index in [9.17, 15) is 4.79 Å². The molecule has 1 saturated heterocycles. The van der Waals surface area contributed by atoms with E-state index >= 15 is 0 Å². The molecule has 1 aliphatic rings. The third kappa shape index (κ3) is 4.35. The predicted octanol–water partition coefficient (Wildman–Crippen LogP) is 2.16. The van der Waals surface area contributed by atoms with Crippen LogP contribution in [0.1, 0.15) is 11.4 Å². The van der Waals surface area contributed by atoms with Crippen molar-refractivity contribution < 1.29 is 9.53 Å². The Labute approximate surface area is 147 Å². The first-order valence-corrected chi connectivity index (χ1v) is 8.32. The maximum Gasteiger partial charge on any atom is 0.246 e. The highest BCUT2D eigenvalue weighted by Gasteiger charge is 2.21. The number of benzene rings is 1. The van der Waals surface area contributed by atoms with Crippen molar-refractivity contribution >= 4 is 17.8 Å². The molecule has 1 amide bonds. The summed E-state index contributed by atoms with van der Waals surface area (Å²) in [5, 5.41) is 0. The zero-order valence-electron chi connectivity index (χ0n) is 14.6. The van der Waals surface area contributed by atoms with Crippen LogP contribution in [0.5, 0.6) is 5.88 Å². The molecule has 25 heavy (non-hydrogen) atoms. The molecule has 1 aromatic heterocycles. The van der Waals surface area contributed by atoms with Crippen LogP contribution in [-0.4, -0.2) is 54.1 Å². The van der Waals surface area contributed by atoms with Crippen LogP contribution in [0.3, 0.4) is 0 Å². The molecule has 3 rings (SSSR count). The van der Waals surface area contributed by atoms with Gasteiger partial charge in [-0.05, 0) is 18.6 Å². The standard InChI is InChI=1S/C19H22N4O2/c1-15-20-17(14-18(21-15)25-2)22-10-12-23(13-11-22)19(24)9-8-16-6-4-3-5-7-16/h3-9,14H,10-13H2,1-2H3/b9-8+. The molecular formula is C19H22N4O2. The topological polar surface area (TPSA) is 58.6 Å². The number of aryl methyl sites for hydroxylation is 1. The van der Waals surface area contributed by atoms with Gasteiger partial charge in [-0.15, -0.1) is 0 Å². The molecule has 6 nitrogen and oxygen atoms in total. The Balaban J connectivity index is 1.59. The molecule has 1 fully saturated rings. The number of hydrogen-bond donors (Lipinski definition) is 0. The third-order valence-corrected chi connectivity index (χ3v) is 4.14. The van der Waals surface area contributed by atoms with Gasteiger partial charge in [0, 0.05) is 38.3 Å². The number of ether oxygens (including phenoxy) is 1. The van der Waals surface area contributed by atoms with Crippen molar-refractivity contribution in [1.29, 1.82) is 0 Å². The summed E-state index contributed by atoms with van der Waals surface area (Å²) >= 11 is 0. The molecule has 6 heteroatoms. The minimum Gasteiger partial charge on any atom is -0.481 e. The molecule has 2 aromatic rings. The Hall–Kier alpha value is -2.89. The van der Waals surface area contributed by atoms with E-state index in [2.05, 4.69) is 14.9 Å². The van der Waals surface area contributed by atoms with Crippen LogP contribution in [0, 0.1) is 6.92 Å². The van der Waals surface area contributed by atoms with Crippen molar-refractivity contribution in [3.8, 4) is 5.88 Å². The minimum atomic E-state index is 0.0416. The lowest BCUT2D eigenvalue weighted by Gasteiger charge is -2.35. The summed E-state index contributed by atoms with van der Waals surface area (Å²) in [6.45, 7) is 4.67. The smallest absolute Gasteiger partial charge is 0.246 e. The second kappa shape index (κ2) is 7.79. The molecule has 0 aliphatic carbocycles. The van der Waals surface area contributed by atoms with Gasteiger partial charge in [-0.25, -0.2) is 4.98 Å². The molecular weight excluding hydrogens is 316 g/mol. The molecule has 0 atom stereocenters. The summed E-state index contributed by atoms with van der Waals surface area (Å²) in [6, 6.07) is 11.7. The third-order valence-electron chi connectivity index (χ3n) is 4.14. The van der Waals surface area contributed by atoms with Crippen molar-refractivity contribution in [2.24, 2.45) is 0 Å². The van der Waals surface area contributed by atoms with Gasteiger partial charge >= 0.3 is 0 Å². The molecule has 1 aromatic carbocycles. The quantitative estimate of drug-likeness (QED) is 0.800. The van der Waals surface area contributed by atoms with E-state index in [0.29, 0.717) is 24.8 Å². The molecule has 0 bridgehead atoms. The zero-order chi connectivity index (χ0) is 17.6. The van der Waals surface area contributed by atoms with Crippen molar-refractivity contribution in [2.45, 2.75) is 6.92 Å². The molecule has 1 aliphatic heterocycles. The Morgan fingerprint density at radius 3 is 2.52 bits per heavy atom. The Morgan fingerprint density at radius 2 is 1.84 bits per heavy atom. The lowest BCUT2D eigenvalue weighted by molar-refractivity contribution is -0.126. The Bertz CT molecular complexity index is 753. The van der Waals surface area contributed by atoms with E-state index < -0.39 is 0 Å². The van der Waals surface area contributed by atoms with E-state index in [1.165, 1.54) is 0 Å². The average molecular weight is 338 g/mol. The number of amides is 1. The minimum absolute atomic E-state index is 0.0416. The molecule has 0 unspecified atom stereocenters. The summed E-state index contributed by atoms with van der Waals surface area (Å²) in [5.41, 5.74) is 1.03. The number of carbonyl (C=O) groups excluding carboxylic acids is 1. The highest BCUT2D eigenvalue weighted by atomic mass is 16.5. The van der Waals surface area contributed by atoms with Crippen LogP contribution < -0.4 is 9.64 Å². The van der Waals surface area contributed by atoms with Gasteiger partial charge in [0.15, 0.2) is 0 Å². The lowest BCUT2D eigenvalue weighted by atomic mass is 10.2. The SMILES string of the molecule is COc1cc(N2CCN(C(=O)/C=C/c3ccccc3)CC2)nc(C)n1. The fourth-order valence-electron chi connectivity index (χ4n) is 2.78. The summed E-state index contributed by atoms with van der Waals surface area (Å²) in [6.07, 6.45) is 3.50. The molecule has 130 valence electrons. The van der Waals surface area contributed by atoms with Crippen LogP contribution in [0.2, 0.25) is 0 Å². The summed E-state index contributed by atoms with van der Waals surface area (Å²) in [5.74, 6) is 2.13. The Morgan fingerprint density at radius 1 is 1.12 bits per heavy atom. The number of aromatic nitrogens is 2. The zero-order valence-corrected chi connectivity index (χ0v) is 14.6. The number of nitrogens with zero attached hydrogens (tertiary/aromatic N) is 4. The number of methoxy groups -OCH3 is 1. The van der Waals surface area contributed by atoms with Crippen LogP contribution in [0.4, 0.5) is 5.82 Å². The second-order valence-corrected chi connectivity index (χ2v) is 5.87. The second-order valence-electron chi connectivity index (χ2n) is 5.87. The first-order chi connectivity index (χ1) is 12.2. The van der Waals surface area contributed by atoms with E-state index in [1.807, 2.05) is 54.3 Å². The number of carbonyl (C=O) groups is 1. The van der Waals surface area contributed by atoms with Crippen LogP contribution >= 0.6 is 0 Å². The highest BCUT2D eigenvalue weighted by Crippen LogP contribution is 2.19. The lowest BCUT2D eigenvalue weighted by Crippen LogP contribution is -2.48. The molecule has 0 saturated carbocycles. The van der Waals surface area contributed by atoms with E-state index in [-0.39, 0.29) is 5.91 Å². The fraction of sp³-hybridized carbons (Fsp3) is 0.316. The van der Waals surface area contributed by atoms with E-state index in [1.54, 1.807) is 13.2 Å². The summed E-state index contributed by atoms with van der Waals surface area (Å²) in [7, 11) is 1.60. The van der Waals surface area contributed by atoms with Gasteiger partial charge in [-0.3, -0.25) is 4.79 Å². The summed E-state index contributed by atoms with van der Waals surface area (Å²) < 4.78 is 5.21. The highest BCUT2D eigenvalue weighted by molar-refractivity contribution is 5.91. The normalized spacial score (nSPS) is 14.8. The van der Waals surface area contributed by atoms with Crippen molar-refractivity contribution in [3.05, 3.63) is 53.9 Å². The van der Waals surface area contributed by atoms with Crippen molar-refractivity contribution in [2.75, 3.05) is 38.2 Å². The molecule has 0 N–H and O–H groups in total. The predicted molar refractivity (Wildman–Crippen MR) is 97.6 cm³/mol. The number of anilines is 1. The monoisotopic (exact) mass is 338 g/mol. The Kier molecular flexibility index (Phi) is 5.28. The summed E-state index contributed by atoms with van der Waals surface area (Å²) in [4.78, 5) is 25.0. The van der Waals surface area contributed by atoms with Gasteiger partial charge in [0.2, 0.25) is 11.8 Å². The maximum absolute atomic E-state index is 12.3. The van der Waals surface area contributed by atoms with E-state index in [0.717, 1.165) is 24.5 Å². The number of piperazine rings is 1. The molecule has 2 heterocycles. The molecule has 0 spiro atoms. The van der Waals surface area contributed by atoms with Gasteiger partial charge in [0.1, 0.15) is 11.6 Å². The van der Waals surface area contributed by atoms with E-state index in [4.69, 9.17) is 4.74 Å². The first-order valence-electron chi connectivity index (χ1n) is 8.32. The molecule has 0 radical (unpaired) electrons. The average Bonchev–Trinajstić information content (AvgIpc) is 2.66. The van der Waals surface area contributed by atoms with Crippen molar-refractivity contribution in [3.63, 3.8) is 0 Å². The largest absolute Gasteiger partial charge is 0.481 e. The fourth-order valence-corrected chi connectivity index (χ4v) is 2.78.